The molecule has 0 saturated carbocycles. The van der Waals surface area contributed by atoms with Crippen molar-refractivity contribution < 1.29 is 9.22 Å². The minimum absolute atomic E-state index is 0.786. The summed E-state index contributed by atoms with van der Waals surface area (Å²) in [6.45, 7) is 12.2. The molecule has 2 heteroatoms. The third-order valence-electron chi connectivity index (χ3n) is 4.57. The van der Waals surface area contributed by atoms with Crippen LogP contribution in [0.4, 0.5) is 0 Å². The van der Waals surface area contributed by atoms with Crippen molar-refractivity contribution in [2.75, 3.05) is 32.8 Å². The third-order valence-corrected chi connectivity index (χ3v) is 4.57. The van der Waals surface area contributed by atoms with Gasteiger partial charge in [0, 0.05) is 0 Å². The molecule has 0 aromatic heterocycles. The normalized spacial score (nSPS) is 11.8. The van der Waals surface area contributed by atoms with E-state index < -0.39 is 0 Å². The molecule has 2 aromatic rings. The summed E-state index contributed by atoms with van der Waals surface area (Å²) < 4.78 is 7.09. The van der Waals surface area contributed by atoms with Crippen molar-refractivity contribution >= 4 is 10.8 Å². The number of hydrogen-bond acceptors (Lipinski definition) is 1. The van der Waals surface area contributed by atoms with Gasteiger partial charge in [0.1, 0.15) is 18.9 Å². The van der Waals surface area contributed by atoms with Gasteiger partial charge in [-0.25, -0.2) is 0 Å². The smallest absolute Gasteiger partial charge is 0.137 e. The van der Waals surface area contributed by atoms with Crippen molar-refractivity contribution in [2.24, 2.45) is 0 Å². The van der Waals surface area contributed by atoms with Gasteiger partial charge in [-0.05, 0) is 43.7 Å². The zero-order chi connectivity index (χ0) is 14.4. The summed E-state index contributed by atoms with van der Waals surface area (Å²) in [5, 5.41) is 2.51. The minimum atomic E-state index is 0.786. The average molecular weight is 272 g/mol. The van der Waals surface area contributed by atoms with E-state index in [9.17, 15) is 0 Å². The molecular formula is C18H26NO+. The summed E-state index contributed by atoms with van der Waals surface area (Å²) in [6.07, 6.45) is 0. The first-order valence-electron chi connectivity index (χ1n) is 7.69. The average Bonchev–Trinajstić information content (AvgIpc) is 2.52. The van der Waals surface area contributed by atoms with Crippen LogP contribution >= 0.6 is 0 Å². The van der Waals surface area contributed by atoms with E-state index in [4.69, 9.17) is 4.74 Å². The Morgan fingerprint density at radius 2 is 1.50 bits per heavy atom. The molecule has 0 aliphatic heterocycles. The number of quaternary nitrogens is 1. The molecule has 108 valence electrons. The number of hydrogen-bond donors (Lipinski definition) is 0. The van der Waals surface area contributed by atoms with Crippen LogP contribution in [0.3, 0.4) is 0 Å². The lowest BCUT2D eigenvalue weighted by atomic mass is 10.1. The first-order chi connectivity index (χ1) is 9.73. The first kappa shape index (κ1) is 14.9. The van der Waals surface area contributed by atoms with E-state index in [0.29, 0.717) is 0 Å². The van der Waals surface area contributed by atoms with Gasteiger partial charge in [0.2, 0.25) is 0 Å². The molecule has 2 nitrogen and oxygen atoms in total. The van der Waals surface area contributed by atoms with Gasteiger partial charge in [0.05, 0.1) is 19.6 Å². The molecule has 0 atom stereocenters. The predicted molar refractivity (Wildman–Crippen MR) is 86.2 cm³/mol. The molecule has 0 amide bonds. The fraction of sp³-hybridized carbons (Fsp3) is 0.444. The number of ether oxygens (including phenoxy) is 1. The summed E-state index contributed by atoms with van der Waals surface area (Å²) in [7, 11) is 0. The number of benzene rings is 2. The predicted octanol–water partition coefficient (Wildman–Crippen LogP) is 4.10. The Morgan fingerprint density at radius 1 is 0.850 bits per heavy atom. The van der Waals surface area contributed by atoms with E-state index >= 15 is 0 Å². The van der Waals surface area contributed by atoms with Crippen molar-refractivity contribution in [1.82, 2.24) is 0 Å². The minimum Gasteiger partial charge on any atom is -0.488 e. The van der Waals surface area contributed by atoms with E-state index in [1.807, 2.05) is 0 Å². The van der Waals surface area contributed by atoms with Crippen molar-refractivity contribution in [3.05, 3.63) is 42.5 Å². The van der Waals surface area contributed by atoms with E-state index in [-0.39, 0.29) is 0 Å². The quantitative estimate of drug-likeness (QED) is 0.690. The molecule has 2 rings (SSSR count). The standard InChI is InChI=1S/C18H26NO/c1-4-19(5-2,6-3)13-14-20-18-12-11-16-9-7-8-10-17(16)15-18/h7-12,15H,4-6,13-14H2,1-3H3/q+1. The zero-order valence-electron chi connectivity index (χ0n) is 12.9. The van der Waals surface area contributed by atoms with Crippen LogP contribution in [0, 0.1) is 0 Å². The Hall–Kier alpha value is -1.54. The van der Waals surface area contributed by atoms with Gasteiger partial charge in [0.25, 0.3) is 0 Å². The molecule has 0 bridgehead atoms. The summed E-state index contributed by atoms with van der Waals surface area (Å²) in [6, 6.07) is 14.7. The van der Waals surface area contributed by atoms with Crippen LogP contribution in [0.15, 0.2) is 42.5 Å². The molecule has 0 unspecified atom stereocenters. The molecule has 0 heterocycles. The van der Waals surface area contributed by atoms with Crippen LogP contribution in [-0.2, 0) is 0 Å². The lowest BCUT2D eigenvalue weighted by molar-refractivity contribution is -0.923. The van der Waals surface area contributed by atoms with E-state index in [1.54, 1.807) is 0 Å². The van der Waals surface area contributed by atoms with Crippen LogP contribution in [0.25, 0.3) is 10.8 Å². The van der Waals surface area contributed by atoms with Crippen molar-refractivity contribution in [2.45, 2.75) is 20.8 Å². The van der Waals surface area contributed by atoms with Crippen molar-refractivity contribution in [3.8, 4) is 5.75 Å². The molecular weight excluding hydrogens is 246 g/mol. The Bertz CT molecular complexity index is 538. The van der Waals surface area contributed by atoms with Gasteiger partial charge in [-0.15, -0.1) is 0 Å². The maximum absolute atomic E-state index is 5.96. The molecule has 2 aromatic carbocycles. The van der Waals surface area contributed by atoms with Crippen LogP contribution in [0.1, 0.15) is 20.8 Å². The van der Waals surface area contributed by atoms with E-state index in [1.165, 1.54) is 30.4 Å². The molecule has 0 spiro atoms. The molecule has 0 aliphatic rings. The van der Waals surface area contributed by atoms with E-state index in [2.05, 4.69) is 63.2 Å². The Balaban J connectivity index is 1.99. The fourth-order valence-corrected chi connectivity index (χ4v) is 2.76. The zero-order valence-corrected chi connectivity index (χ0v) is 12.9. The van der Waals surface area contributed by atoms with Crippen LogP contribution in [0.2, 0.25) is 0 Å². The Labute approximate surface area is 122 Å². The summed E-state index contributed by atoms with van der Waals surface area (Å²) in [5.74, 6) is 0.977. The summed E-state index contributed by atoms with van der Waals surface area (Å²) in [4.78, 5) is 0. The summed E-state index contributed by atoms with van der Waals surface area (Å²) in [5.41, 5.74) is 0. The van der Waals surface area contributed by atoms with Crippen molar-refractivity contribution in [3.63, 3.8) is 0 Å². The van der Waals surface area contributed by atoms with Crippen LogP contribution in [-0.4, -0.2) is 37.3 Å². The van der Waals surface area contributed by atoms with Crippen LogP contribution < -0.4 is 4.74 Å². The van der Waals surface area contributed by atoms with Gasteiger partial charge in [-0.3, -0.25) is 0 Å². The highest BCUT2D eigenvalue weighted by molar-refractivity contribution is 5.83. The molecule has 0 fully saturated rings. The second-order valence-corrected chi connectivity index (χ2v) is 5.37. The highest BCUT2D eigenvalue weighted by Gasteiger charge is 2.20. The van der Waals surface area contributed by atoms with Gasteiger partial charge in [0.15, 0.2) is 0 Å². The molecule has 0 radical (unpaired) electrons. The Kier molecular flexibility index (Phi) is 5.02. The van der Waals surface area contributed by atoms with Gasteiger partial charge in [-0.1, -0.05) is 30.3 Å². The lowest BCUT2D eigenvalue weighted by Crippen LogP contribution is -2.49. The molecule has 0 N–H and O–H groups in total. The monoisotopic (exact) mass is 272 g/mol. The largest absolute Gasteiger partial charge is 0.488 e. The highest BCUT2D eigenvalue weighted by atomic mass is 16.5. The second-order valence-electron chi connectivity index (χ2n) is 5.37. The van der Waals surface area contributed by atoms with Gasteiger partial charge in [-0.2, -0.15) is 0 Å². The molecule has 0 aliphatic carbocycles. The number of rotatable bonds is 7. The topological polar surface area (TPSA) is 9.23 Å². The highest BCUT2D eigenvalue weighted by Crippen LogP contribution is 2.20. The number of fused-ring (bicyclic) bond motifs is 1. The van der Waals surface area contributed by atoms with Crippen LogP contribution in [0.5, 0.6) is 5.75 Å². The third kappa shape index (κ3) is 3.31. The van der Waals surface area contributed by atoms with Gasteiger partial charge >= 0.3 is 0 Å². The van der Waals surface area contributed by atoms with Crippen molar-refractivity contribution in [1.29, 1.82) is 0 Å². The maximum Gasteiger partial charge on any atom is 0.137 e. The molecule has 0 saturated heterocycles. The number of likely N-dealkylation sites (N-methyl/N-ethyl adjacent to an activating group) is 1. The lowest BCUT2D eigenvalue weighted by Gasteiger charge is -2.35. The van der Waals surface area contributed by atoms with Gasteiger partial charge < -0.3 is 9.22 Å². The van der Waals surface area contributed by atoms with E-state index in [0.717, 1.165) is 23.4 Å². The fourth-order valence-electron chi connectivity index (χ4n) is 2.76. The molecule has 20 heavy (non-hydrogen) atoms. The number of nitrogens with zero attached hydrogens (tertiary/aromatic N) is 1. The first-order valence-corrected chi connectivity index (χ1v) is 7.69. The summed E-state index contributed by atoms with van der Waals surface area (Å²) >= 11 is 0. The Morgan fingerprint density at radius 3 is 2.15 bits per heavy atom. The second kappa shape index (κ2) is 6.76. The SMILES string of the molecule is CC[N+](CC)(CC)CCOc1ccc2ccccc2c1. The maximum atomic E-state index is 5.96.